The summed E-state index contributed by atoms with van der Waals surface area (Å²) >= 11 is 1.48. The molecule has 0 aliphatic carbocycles. The summed E-state index contributed by atoms with van der Waals surface area (Å²) in [5.41, 5.74) is 0. The zero-order valence-electron chi connectivity index (χ0n) is 12.0. The Kier molecular flexibility index (Phi) is 6.41. The Balaban J connectivity index is 2.84. The average Bonchev–Trinajstić information content (AvgIpc) is 2.82. The lowest BCUT2D eigenvalue weighted by Crippen LogP contribution is -2.33. The number of nitrogens with one attached hydrogen (secondary N) is 1. The van der Waals surface area contributed by atoms with Crippen molar-refractivity contribution >= 4 is 21.4 Å². The summed E-state index contributed by atoms with van der Waals surface area (Å²) in [6.07, 6.45) is 0. The van der Waals surface area contributed by atoms with Crippen LogP contribution in [-0.4, -0.2) is 58.4 Å². The molecule has 0 saturated heterocycles. The van der Waals surface area contributed by atoms with Crippen molar-refractivity contribution in [2.24, 2.45) is 0 Å². The molecular formula is C12H23N3O2S2. The molecule has 0 aliphatic heterocycles. The van der Waals surface area contributed by atoms with Gasteiger partial charge in [-0.3, -0.25) is 0 Å². The van der Waals surface area contributed by atoms with E-state index in [1.54, 1.807) is 13.1 Å². The van der Waals surface area contributed by atoms with Crippen LogP contribution < -0.4 is 5.32 Å². The number of nitrogens with zero attached hydrogens (tertiary/aromatic N) is 2. The van der Waals surface area contributed by atoms with E-state index in [2.05, 4.69) is 5.32 Å². The Hall–Kier alpha value is -0.470. The lowest BCUT2D eigenvalue weighted by Gasteiger charge is -2.19. The first-order chi connectivity index (χ1) is 8.89. The molecule has 0 aliphatic rings. The number of likely N-dealkylation sites (N-methyl/N-ethyl adjacent to an activating group) is 2. The maximum atomic E-state index is 12.5. The second-order valence-corrected chi connectivity index (χ2v) is 7.63. The Bertz CT molecular complexity index is 483. The predicted molar refractivity (Wildman–Crippen MR) is 80.1 cm³/mol. The van der Waals surface area contributed by atoms with E-state index in [1.807, 2.05) is 31.3 Å². The summed E-state index contributed by atoms with van der Waals surface area (Å²) in [4.78, 5) is 3.28. The smallest absolute Gasteiger partial charge is 0.244 e. The van der Waals surface area contributed by atoms with Crippen molar-refractivity contribution in [3.05, 3.63) is 16.3 Å². The molecule has 0 fully saturated rings. The molecule has 19 heavy (non-hydrogen) atoms. The van der Waals surface area contributed by atoms with Crippen LogP contribution in [0.3, 0.4) is 0 Å². The molecule has 0 saturated carbocycles. The molecule has 0 unspecified atom stereocenters. The molecular weight excluding hydrogens is 282 g/mol. The summed E-state index contributed by atoms with van der Waals surface area (Å²) in [6, 6.07) is 1.69. The quantitative estimate of drug-likeness (QED) is 0.780. The molecule has 0 atom stereocenters. The zero-order chi connectivity index (χ0) is 14.5. The minimum Gasteiger partial charge on any atom is -0.312 e. The van der Waals surface area contributed by atoms with E-state index in [0.717, 1.165) is 11.4 Å². The van der Waals surface area contributed by atoms with E-state index in [9.17, 15) is 8.42 Å². The minimum atomic E-state index is -3.38. The predicted octanol–water partition coefficient (Wildman–Crippen LogP) is 1.04. The van der Waals surface area contributed by atoms with E-state index in [0.29, 0.717) is 24.5 Å². The standard InChI is InChI=1S/C12H23N3O2S2/c1-5-13-10-11-12(6-9-18-11)19(16,17)15(4)8-7-14(2)3/h6,9,13H,5,7-8,10H2,1-4H3. The molecule has 1 N–H and O–H groups in total. The van der Waals surface area contributed by atoms with Crippen LogP contribution in [0.2, 0.25) is 0 Å². The molecule has 1 aromatic heterocycles. The second-order valence-electron chi connectivity index (χ2n) is 4.62. The van der Waals surface area contributed by atoms with Gasteiger partial charge in [0.05, 0.1) is 4.90 Å². The van der Waals surface area contributed by atoms with Crippen molar-refractivity contribution in [3.63, 3.8) is 0 Å². The summed E-state index contributed by atoms with van der Waals surface area (Å²) in [5.74, 6) is 0. The fourth-order valence-corrected chi connectivity index (χ4v) is 4.10. The number of sulfonamides is 1. The van der Waals surface area contributed by atoms with E-state index < -0.39 is 10.0 Å². The first-order valence-electron chi connectivity index (χ1n) is 6.27. The van der Waals surface area contributed by atoms with E-state index >= 15 is 0 Å². The highest BCUT2D eigenvalue weighted by Gasteiger charge is 2.24. The molecule has 0 bridgehead atoms. The van der Waals surface area contributed by atoms with Gasteiger partial charge in [-0.1, -0.05) is 6.92 Å². The van der Waals surface area contributed by atoms with Crippen LogP contribution >= 0.6 is 11.3 Å². The Labute approximate surface area is 120 Å². The van der Waals surface area contributed by atoms with Crippen LogP contribution in [0.4, 0.5) is 0 Å². The summed E-state index contributed by atoms with van der Waals surface area (Å²) in [5, 5.41) is 5.00. The summed E-state index contributed by atoms with van der Waals surface area (Å²) < 4.78 is 26.4. The molecule has 110 valence electrons. The number of rotatable bonds is 8. The molecule has 0 amide bonds. The third-order valence-corrected chi connectivity index (χ3v) is 5.78. The molecule has 0 radical (unpaired) electrons. The van der Waals surface area contributed by atoms with Gasteiger partial charge in [0.2, 0.25) is 10.0 Å². The fourth-order valence-electron chi connectivity index (χ4n) is 1.56. The third kappa shape index (κ3) is 4.54. The molecule has 1 rings (SSSR count). The lowest BCUT2D eigenvalue weighted by molar-refractivity contribution is 0.358. The zero-order valence-corrected chi connectivity index (χ0v) is 13.6. The summed E-state index contributed by atoms with van der Waals surface area (Å²) in [7, 11) is 2.12. The largest absolute Gasteiger partial charge is 0.312 e. The molecule has 0 aromatic carbocycles. The molecule has 1 aromatic rings. The minimum absolute atomic E-state index is 0.430. The van der Waals surface area contributed by atoms with Crippen molar-refractivity contribution < 1.29 is 8.42 Å². The lowest BCUT2D eigenvalue weighted by atomic mass is 10.4. The Morgan fingerprint density at radius 3 is 2.53 bits per heavy atom. The van der Waals surface area contributed by atoms with Gasteiger partial charge in [0, 0.05) is 31.6 Å². The highest BCUT2D eigenvalue weighted by Crippen LogP contribution is 2.24. The Morgan fingerprint density at radius 2 is 1.95 bits per heavy atom. The SMILES string of the molecule is CCNCc1sccc1S(=O)(=O)N(C)CCN(C)C. The van der Waals surface area contributed by atoms with Crippen LogP contribution in [0.1, 0.15) is 11.8 Å². The molecule has 1 heterocycles. The fraction of sp³-hybridized carbons (Fsp3) is 0.667. The molecule has 0 spiro atoms. The maximum Gasteiger partial charge on any atom is 0.244 e. The van der Waals surface area contributed by atoms with Gasteiger partial charge in [-0.05, 0) is 32.1 Å². The van der Waals surface area contributed by atoms with Gasteiger partial charge < -0.3 is 10.2 Å². The van der Waals surface area contributed by atoms with Crippen LogP contribution in [0.25, 0.3) is 0 Å². The van der Waals surface area contributed by atoms with Gasteiger partial charge in [-0.15, -0.1) is 11.3 Å². The first-order valence-corrected chi connectivity index (χ1v) is 8.59. The van der Waals surface area contributed by atoms with Crippen LogP contribution in [0.5, 0.6) is 0 Å². The van der Waals surface area contributed by atoms with Gasteiger partial charge >= 0.3 is 0 Å². The first kappa shape index (κ1) is 16.6. The van der Waals surface area contributed by atoms with Crippen molar-refractivity contribution in [2.45, 2.75) is 18.4 Å². The van der Waals surface area contributed by atoms with Crippen molar-refractivity contribution in [3.8, 4) is 0 Å². The Morgan fingerprint density at radius 1 is 1.26 bits per heavy atom. The van der Waals surface area contributed by atoms with Crippen LogP contribution in [-0.2, 0) is 16.6 Å². The van der Waals surface area contributed by atoms with Gasteiger partial charge in [0.25, 0.3) is 0 Å². The van der Waals surface area contributed by atoms with Gasteiger partial charge in [0.1, 0.15) is 0 Å². The van der Waals surface area contributed by atoms with Crippen LogP contribution in [0, 0.1) is 0 Å². The van der Waals surface area contributed by atoms with Crippen molar-refractivity contribution in [2.75, 3.05) is 40.8 Å². The third-order valence-electron chi connectivity index (χ3n) is 2.79. The number of thiophene rings is 1. The van der Waals surface area contributed by atoms with Gasteiger partial charge in [-0.2, -0.15) is 4.31 Å². The van der Waals surface area contributed by atoms with Gasteiger partial charge in [0.15, 0.2) is 0 Å². The number of hydrogen-bond acceptors (Lipinski definition) is 5. The van der Waals surface area contributed by atoms with E-state index in [1.165, 1.54) is 15.6 Å². The number of hydrogen-bond donors (Lipinski definition) is 1. The highest BCUT2D eigenvalue weighted by atomic mass is 32.2. The summed E-state index contributed by atoms with van der Waals surface area (Å²) in [6.45, 7) is 4.64. The molecule has 7 heteroatoms. The van der Waals surface area contributed by atoms with Crippen LogP contribution in [0.15, 0.2) is 16.3 Å². The monoisotopic (exact) mass is 305 g/mol. The van der Waals surface area contributed by atoms with Gasteiger partial charge in [-0.25, -0.2) is 8.42 Å². The molecule has 5 nitrogen and oxygen atoms in total. The topological polar surface area (TPSA) is 52.7 Å². The van der Waals surface area contributed by atoms with E-state index in [-0.39, 0.29) is 0 Å². The van der Waals surface area contributed by atoms with Crippen molar-refractivity contribution in [1.29, 1.82) is 0 Å². The highest BCUT2D eigenvalue weighted by molar-refractivity contribution is 7.89. The second kappa shape index (κ2) is 7.35. The maximum absolute atomic E-state index is 12.5. The van der Waals surface area contributed by atoms with Crippen molar-refractivity contribution in [1.82, 2.24) is 14.5 Å². The normalized spacial score (nSPS) is 12.5. The van der Waals surface area contributed by atoms with E-state index in [4.69, 9.17) is 0 Å². The average molecular weight is 305 g/mol.